The third-order valence-electron chi connectivity index (χ3n) is 3.32. The average Bonchev–Trinajstić information content (AvgIpc) is 3.12. The van der Waals surface area contributed by atoms with Crippen molar-refractivity contribution in [3.63, 3.8) is 0 Å². The summed E-state index contributed by atoms with van der Waals surface area (Å²) in [6, 6.07) is 0. The van der Waals surface area contributed by atoms with Gasteiger partial charge in [-0.3, -0.25) is 4.79 Å². The van der Waals surface area contributed by atoms with Crippen LogP contribution in [0.25, 0.3) is 0 Å². The maximum atomic E-state index is 11.8. The fraction of sp³-hybridized carbons (Fsp3) is 0.417. The molecule has 0 bridgehead atoms. The fourth-order valence-corrected chi connectivity index (χ4v) is 2.14. The van der Waals surface area contributed by atoms with Crippen LogP contribution in [-0.2, 0) is 17.9 Å². The summed E-state index contributed by atoms with van der Waals surface area (Å²) in [6.07, 6.45) is 3.90. The lowest BCUT2D eigenvalue weighted by atomic mass is 10.4. The molecular weight excluding hydrogens is 322 g/mol. The van der Waals surface area contributed by atoms with Crippen molar-refractivity contribution in [1.82, 2.24) is 24.4 Å². The molecule has 0 atom stereocenters. The number of nitrogens with zero attached hydrogens (tertiary/aromatic N) is 6. The molecule has 1 N–H and O–H groups in total. The molecule has 0 radical (unpaired) electrons. The van der Waals surface area contributed by atoms with Crippen molar-refractivity contribution in [3.8, 4) is 0 Å². The Balaban J connectivity index is 1.82. The topological polar surface area (TPSA) is 151 Å². The highest BCUT2D eigenvalue weighted by Crippen LogP contribution is 2.12. The summed E-state index contributed by atoms with van der Waals surface area (Å²) in [7, 11) is 0. The summed E-state index contributed by atoms with van der Waals surface area (Å²) in [6.45, 7) is 2.14. The lowest BCUT2D eigenvalue weighted by Crippen LogP contribution is -2.28. The highest BCUT2D eigenvalue weighted by Gasteiger charge is 2.18. The first kappa shape index (κ1) is 17.1. The second-order valence-corrected chi connectivity index (χ2v) is 4.85. The van der Waals surface area contributed by atoms with Gasteiger partial charge in [0, 0.05) is 6.92 Å². The number of nitrogens with one attached hydrogen (secondary N) is 1. The standard InChI is InChI=1S/C12H15N7O5/c1-9-15-8-11(18(21)22)17(9)7-4-13-10(20)2-5-16-6-3-14-12(16)19(23)24/h3,6,8H,2,4-5,7H2,1H3,(H,13,20). The molecule has 2 aromatic rings. The number of imidazole rings is 2. The Morgan fingerprint density at radius 2 is 2.00 bits per heavy atom. The number of nitro groups is 2. The third-order valence-corrected chi connectivity index (χ3v) is 3.32. The van der Waals surface area contributed by atoms with E-state index in [-0.39, 0.29) is 43.7 Å². The maximum absolute atomic E-state index is 11.8. The highest BCUT2D eigenvalue weighted by molar-refractivity contribution is 5.75. The second kappa shape index (κ2) is 7.30. The Morgan fingerprint density at radius 3 is 2.67 bits per heavy atom. The fourth-order valence-electron chi connectivity index (χ4n) is 2.14. The monoisotopic (exact) mass is 337 g/mol. The van der Waals surface area contributed by atoms with Crippen LogP contribution in [0.3, 0.4) is 0 Å². The van der Waals surface area contributed by atoms with Gasteiger partial charge in [0.25, 0.3) is 0 Å². The van der Waals surface area contributed by atoms with E-state index in [1.54, 1.807) is 6.92 Å². The Kier molecular flexibility index (Phi) is 5.19. The van der Waals surface area contributed by atoms with E-state index in [1.165, 1.54) is 21.5 Å². The van der Waals surface area contributed by atoms with Gasteiger partial charge in [-0.25, -0.2) is 14.1 Å². The summed E-state index contributed by atoms with van der Waals surface area (Å²) in [4.78, 5) is 39.6. The van der Waals surface area contributed by atoms with Crippen molar-refractivity contribution in [1.29, 1.82) is 0 Å². The minimum atomic E-state index is -0.626. The smallest absolute Gasteiger partial charge is 0.390 e. The molecule has 0 unspecified atom stereocenters. The Hall–Kier alpha value is -3.31. The number of hydrogen-bond acceptors (Lipinski definition) is 7. The molecule has 128 valence electrons. The highest BCUT2D eigenvalue weighted by atomic mass is 16.6. The molecule has 0 aliphatic heterocycles. The van der Waals surface area contributed by atoms with Crippen molar-refractivity contribution >= 4 is 17.7 Å². The van der Waals surface area contributed by atoms with Crippen molar-refractivity contribution in [2.75, 3.05) is 6.54 Å². The third kappa shape index (κ3) is 3.91. The molecule has 0 spiro atoms. The van der Waals surface area contributed by atoms with Crippen LogP contribution in [0.1, 0.15) is 12.2 Å². The van der Waals surface area contributed by atoms with Crippen LogP contribution in [-0.4, -0.2) is 41.4 Å². The summed E-state index contributed by atoms with van der Waals surface area (Å²) in [5, 5.41) is 24.2. The molecular formula is C12H15N7O5. The molecule has 0 saturated carbocycles. The van der Waals surface area contributed by atoms with E-state index in [9.17, 15) is 25.0 Å². The van der Waals surface area contributed by atoms with Crippen molar-refractivity contribution < 1.29 is 14.6 Å². The quantitative estimate of drug-likeness (QED) is 0.541. The summed E-state index contributed by atoms with van der Waals surface area (Å²) >= 11 is 0. The number of rotatable bonds is 8. The first-order valence-electron chi connectivity index (χ1n) is 6.99. The van der Waals surface area contributed by atoms with Crippen molar-refractivity contribution in [3.05, 3.63) is 44.6 Å². The Morgan fingerprint density at radius 1 is 1.25 bits per heavy atom. The first-order valence-corrected chi connectivity index (χ1v) is 6.99. The molecule has 2 aromatic heterocycles. The molecule has 0 fully saturated rings. The molecule has 2 heterocycles. The van der Waals surface area contributed by atoms with E-state index < -0.39 is 9.85 Å². The average molecular weight is 337 g/mol. The van der Waals surface area contributed by atoms with Gasteiger partial charge in [-0.1, -0.05) is 4.98 Å². The van der Waals surface area contributed by atoms with E-state index in [0.29, 0.717) is 5.82 Å². The minimum Gasteiger partial charge on any atom is -0.390 e. The van der Waals surface area contributed by atoms with Gasteiger partial charge in [0.1, 0.15) is 25.1 Å². The van der Waals surface area contributed by atoms with Crippen LogP contribution < -0.4 is 5.32 Å². The van der Waals surface area contributed by atoms with Gasteiger partial charge in [0.15, 0.2) is 5.82 Å². The van der Waals surface area contributed by atoms with E-state index in [1.807, 2.05) is 0 Å². The maximum Gasteiger partial charge on any atom is 0.434 e. The van der Waals surface area contributed by atoms with Gasteiger partial charge in [-0.05, 0) is 9.85 Å². The molecule has 12 heteroatoms. The van der Waals surface area contributed by atoms with E-state index in [2.05, 4.69) is 15.3 Å². The number of amides is 1. The van der Waals surface area contributed by atoms with Crippen LogP contribution in [0.5, 0.6) is 0 Å². The molecule has 2 rings (SSSR count). The zero-order chi connectivity index (χ0) is 17.7. The molecule has 1 amide bonds. The second-order valence-electron chi connectivity index (χ2n) is 4.85. The Labute approximate surface area is 135 Å². The predicted molar refractivity (Wildman–Crippen MR) is 80.1 cm³/mol. The van der Waals surface area contributed by atoms with Gasteiger partial charge < -0.3 is 25.5 Å². The predicted octanol–water partition coefficient (Wildman–Crippen LogP) is 0.411. The first-order chi connectivity index (χ1) is 11.4. The van der Waals surface area contributed by atoms with Crippen LogP contribution in [0.4, 0.5) is 11.8 Å². The van der Waals surface area contributed by atoms with Crippen LogP contribution in [0.2, 0.25) is 0 Å². The largest absolute Gasteiger partial charge is 0.434 e. The van der Waals surface area contributed by atoms with E-state index in [4.69, 9.17) is 0 Å². The molecule has 0 aliphatic carbocycles. The number of carbonyl (C=O) groups is 1. The number of aromatic nitrogens is 4. The van der Waals surface area contributed by atoms with Gasteiger partial charge in [-0.15, -0.1) is 0 Å². The van der Waals surface area contributed by atoms with Crippen LogP contribution in [0.15, 0.2) is 18.6 Å². The van der Waals surface area contributed by atoms with E-state index >= 15 is 0 Å². The zero-order valence-electron chi connectivity index (χ0n) is 12.8. The summed E-state index contributed by atoms with van der Waals surface area (Å²) in [5.74, 6) is -0.313. The molecule has 0 aliphatic rings. The summed E-state index contributed by atoms with van der Waals surface area (Å²) < 4.78 is 2.66. The molecule has 0 saturated heterocycles. The number of aryl methyl sites for hydroxylation is 2. The van der Waals surface area contributed by atoms with Crippen LogP contribution >= 0.6 is 0 Å². The molecule has 24 heavy (non-hydrogen) atoms. The van der Waals surface area contributed by atoms with Gasteiger partial charge in [0.05, 0.1) is 19.5 Å². The normalized spacial score (nSPS) is 10.5. The van der Waals surface area contributed by atoms with Crippen molar-refractivity contribution in [2.24, 2.45) is 0 Å². The molecule has 12 nitrogen and oxygen atoms in total. The SMILES string of the molecule is Cc1ncc([N+](=O)[O-])n1CCNC(=O)CCn1ccnc1[N+](=O)[O-]. The lowest BCUT2D eigenvalue weighted by Gasteiger charge is -2.06. The zero-order valence-corrected chi connectivity index (χ0v) is 12.8. The Bertz CT molecular complexity index is 766. The van der Waals surface area contributed by atoms with Crippen molar-refractivity contribution in [2.45, 2.75) is 26.4 Å². The lowest BCUT2D eigenvalue weighted by molar-refractivity contribution is -0.396. The van der Waals surface area contributed by atoms with Crippen LogP contribution in [0, 0.1) is 27.2 Å². The van der Waals surface area contributed by atoms with Gasteiger partial charge in [0.2, 0.25) is 5.91 Å². The van der Waals surface area contributed by atoms with Gasteiger partial charge in [-0.2, -0.15) is 0 Å². The minimum absolute atomic E-state index is 0.0300. The number of hydrogen-bond donors (Lipinski definition) is 1. The van der Waals surface area contributed by atoms with E-state index in [0.717, 1.165) is 6.20 Å². The number of carbonyl (C=O) groups excluding carboxylic acids is 1. The molecule has 0 aromatic carbocycles. The van der Waals surface area contributed by atoms with Gasteiger partial charge >= 0.3 is 11.8 Å². The summed E-state index contributed by atoms with van der Waals surface area (Å²) in [5.41, 5.74) is 0.